The van der Waals surface area contributed by atoms with Crippen molar-refractivity contribution in [1.29, 1.82) is 0 Å². The molecule has 18 heavy (non-hydrogen) atoms. The van der Waals surface area contributed by atoms with E-state index in [9.17, 15) is 5.11 Å². The molecule has 1 unspecified atom stereocenters. The van der Waals surface area contributed by atoms with E-state index in [0.29, 0.717) is 6.04 Å². The number of rotatable bonds is 7. The van der Waals surface area contributed by atoms with Crippen LogP contribution in [-0.2, 0) is 0 Å². The lowest BCUT2D eigenvalue weighted by Gasteiger charge is -2.28. The maximum atomic E-state index is 9.53. The van der Waals surface area contributed by atoms with E-state index in [0.717, 1.165) is 11.5 Å². The number of benzene rings is 1. The first-order valence-electron chi connectivity index (χ1n) is 6.31. The number of hydrogen-bond acceptors (Lipinski definition) is 4. The molecule has 1 aliphatic carbocycles. The lowest BCUT2D eigenvalue weighted by molar-refractivity contribution is 0.190. The van der Waals surface area contributed by atoms with E-state index in [1.54, 1.807) is 18.9 Å². The predicted octanol–water partition coefficient (Wildman–Crippen LogP) is 2.29. The molecule has 0 bridgehead atoms. The van der Waals surface area contributed by atoms with Crippen LogP contribution in [0, 0.1) is 0 Å². The standard InChI is InChI=1S/C14H21NO2S/c1-14(9-16,15-11-3-4-11)10-18-13-7-5-12(17-2)6-8-13/h5-8,11,15-16H,3-4,9-10H2,1-2H3. The van der Waals surface area contributed by atoms with E-state index in [1.807, 2.05) is 12.1 Å². The summed E-state index contributed by atoms with van der Waals surface area (Å²) in [5.74, 6) is 1.74. The zero-order valence-electron chi connectivity index (χ0n) is 11.0. The Morgan fingerprint density at radius 3 is 2.56 bits per heavy atom. The summed E-state index contributed by atoms with van der Waals surface area (Å²) < 4.78 is 5.14. The van der Waals surface area contributed by atoms with Crippen LogP contribution >= 0.6 is 11.8 Å². The molecule has 1 fully saturated rings. The fourth-order valence-electron chi connectivity index (χ4n) is 1.77. The van der Waals surface area contributed by atoms with Crippen molar-refractivity contribution in [2.24, 2.45) is 0 Å². The summed E-state index contributed by atoms with van der Waals surface area (Å²) in [6.45, 7) is 2.26. The molecule has 0 amide bonds. The summed E-state index contributed by atoms with van der Waals surface area (Å²) in [5.41, 5.74) is -0.189. The third kappa shape index (κ3) is 3.90. The molecule has 100 valence electrons. The van der Waals surface area contributed by atoms with Gasteiger partial charge in [0.1, 0.15) is 5.75 Å². The Morgan fingerprint density at radius 2 is 2.06 bits per heavy atom. The maximum Gasteiger partial charge on any atom is 0.118 e. The first-order chi connectivity index (χ1) is 8.65. The van der Waals surface area contributed by atoms with E-state index >= 15 is 0 Å². The van der Waals surface area contributed by atoms with E-state index in [4.69, 9.17) is 4.74 Å². The maximum absolute atomic E-state index is 9.53. The zero-order chi connectivity index (χ0) is 13.0. The molecule has 1 aromatic rings. The summed E-state index contributed by atoms with van der Waals surface area (Å²) >= 11 is 1.76. The van der Waals surface area contributed by atoms with Gasteiger partial charge in [0.2, 0.25) is 0 Å². The molecular formula is C14H21NO2S. The predicted molar refractivity (Wildman–Crippen MR) is 75.4 cm³/mol. The number of ether oxygens (including phenoxy) is 1. The molecule has 0 aromatic heterocycles. The highest BCUT2D eigenvalue weighted by atomic mass is 32.2. The van der Waals surface area contributed by atoms with Gasteiger partial charge in [-0.25, -0.2) is 0 Å². The number of aliphatic hydroxyl groups is 1. The monoisotopic (exact) mass is 267 g/mol. The van der Waals surface area contributed by atoms with E-state index in [2.05, 4.69) is 24.4 Å². The molecule has 1 aliphatic rings. The van der Waals surface area contributed by atoms with Crippen LogP contribution in [0.4, 0.5) is 0 Å². The molecular weight excluding hydrogens is 246 g/mol. The van der Waals surface area contributed by atoms with Crippen molar-refractivity contribution in [3.63, 3.8) is 0 Å². The molecule has 1 saturated carbocycles. The van der Waals surface area contributed by atoms with Gasteiger partial charge in [0, 0.05) is 22.2 Å². The highest BCUT2D eigenvalue weighted by molar-refractivity contribution is 7.99. The van der Waals surface area contributed by atoms with Gasteiger partial charge in [0.05, 0.1) is 13.7 Å². The quantitative estimate of drug-likeness (QED) is 0.744. The Labute approximate surface area is 113 Å². The van der Waals surface area contributed by atoms with Crippen LogP contribution in [0.2, 0.25) is 0 Å². The molecule has 0 saturated heterocycles. The number of methoxy groups -OCH3 is 1. The second kappa shape index (κ2) is 5.95. The largest absolute Gasteiger partial charge is 0.497 e. The van der Waals surface area contributed by atoms with E-state index < -0.39 is 0 Å². The first-order valence-corrected chi connectivity index (χ1v) is 7.29. The van der Waals surface area contributed by atoms with Crippen LogP contribution < -0.4 is 10.1 Å². The van der Waals surface area contributed by atoms with Crippen molar-refractivity contribution in [1.82, 2.24) is 5.32 Å². The highest BCUT2D eigenvalue weighted by Crippen LogP contribution is 2.28. The second-order valence-electron chi connectivity index (χ2n) is 5.10. The molecule has 0 heterocycles. The van der Waals surface area contributed by atoms with Crippen molar-refractivity contribution < 1.29 is 9.84 Å². The van der Waals surface area contributed by atoms with E-state index in [-0.39, 0.29) is 12.1 Å². The van der Waals surface area contributed by atoms with Gasteiger partial charge >= 0.3 is 0 Å². The summed E-state index contributed by atoms with van der Waals surface area (Å²) in [5, 5.41) is 13.0. The van der Waals surface area contributed by atoms with Crippen molar-refractivity contribution in [2.75, 3.05) is 19.5 Å². The van der Waals surface area contributed by atoms with Gasteiger partial charge in [-0.1, -0.05) is 0 Å². The second-order valence-corrected chi connectivity index (χ2v) is 6.15. The fraction of sp³-hybridized carbons (Fsp3) is 0.571. The van der Waals surface area contributed by atoms with Gasteiger partial charge < -0.3 is 15.2 Å². The van der Waals surface area contributed by atoms with Gasteiger partial charge in [-0.3, -0.25) is 0 Å². The normalized spacial score (nSPS) is 18.4. The third-order valence-corrected chi connectivity index (χ3v) is 4.48. The van der Waals surface area contributed by atoms with Gasteiger partial charge in [0.15, 0.2) is 0 Å². The van der Waals surface area contributed by atoms with Crippen LogP contribution in [0.15, 0.2) is 29.2 Å². The summed E-state index contributed by atoms with van der Waals surface area (Å²) in [4.78, 5) is 1.20. The molecule has 0 spiro atoms. The number of aliphatic hydroxyl groups excluding tert-OH is 1. The van der Waals surface area contributed by atoms with Crippen LogP contribution in [0.1, 0.15) is 19.8 Å². The summed E-state index contributed by atoms with van der Waals surface area (Å²) in [7, 11) is 1.67. The SMILES string of the molecule is COc1ccc(SCC(C)(CO)NC2CC2)cc1. The fourth-order valence-corrected chi connectivity index (χ4v) is 2.76. The molecule has 0 aliphatic heterocycles. The summed E-state index contributed by atoms with van der Waals surface area (Å²) in [6.07, 6.45) is 2.48. The molecule has 1 atom stereocenters. The minimum atomic E-state index is -0.189. The Bertz CT molecular complexity index is 378. The molecule has 0 radical (unpaired) electrons. The lowest BCUT2D eigenvalue weighted by Crippen LogP contribution is -2.49. The average molecular weight is 267 g/mol. The number of nitrogens with one attached hydrogen (secondary N) is 1. The van der Waals surface area contributed by atoms with Crippen LogP contribution in [0.25, 0.3) is 0 Å². The van der Waals surface area contributed by atoms with Crippen molar-refractivity contribution in [3.05, 3.63) is 24.3 Å². The molecule has 2 N–H and O–H groups in total. The van der Waals surface area contributed by atoms with Crippen molar-refractivity contribution in [3.8, 4) is 5.75 Å². The average Bonchev–Trinajstić information content (AvgIpc) is 3.21. The van der Waals surface area contributed by atoms with E-state index in [1.165, 1.54) is 17.7 Å². The van der Waals surface area contributed by atoms with Gasteiger partial charge in [-0.15, -0.1) is 11.8 Å². The Kier molecular flexibility index (Phi) is 4.54. The topological polar surface area (TPSA) is 41.5 Å². The van der Waals surface area contributed by atoms with Crippen LogP contribution in [0.3, 0.4) is 0 Å². The zero-order valence-corrected chi connectivity index (χ0v) is 11.8. The number of hydrogen-bond donors (Lipinski definition) is 2. The van der Waals surface area contributed by atoms with Crippen molar-refractivity contribution in [2.45, 2.75) is 36.2 Å². The van der Waals surface area contributed by atoms with Gasteiger partial charge in [-0.2, -0.15) is 0 Å². The Balaban J connectivity index is 1.87. The summed E-state index contributed by atoms with van der Waals surface area (Å²) in [6, 6.07) is 8.65. The van der Waals surface area contributed by atoms with Gasteiger partial charge in [-0.05, 0) is 44.0 Å². The molecule has 4 heteroatoms. The van der Waals surface area contributed by atoms with Crippen LogP contribution in [-0.4, -0.2) is 36.2 Å². The molecule has 1 aromatic carbocycles. The first kappa shape index (κ1) is 13.7. The Morgan fingerprint density at radius 1 is 1.39 bits per heavy atom. The molecule has 3 nitrogen and oxygen atoms in total. The smallest absolute Gasteiger partial charge is 0.118 e. The highest BCUT2D eigenvalue weighted by Gasteiger charge is 2.31. The lowest BCUT2D eigenvalue weighted by atomic mass is 10.1. The van der Waals surface area contributed by atoms with Crippen molar-refractivity contribution >= 4 is 11.8 Å². The van der Waals surface area contributed by atoms with Gasteiger partial charge in [0.25, 0.3) is 0 Å². The third-order valence-electron chi connectivity index (χ3n) is 3.10. The Hall–Kier alpha value is -0.710. The minimum absolute atomic E-state index is 0.173. The van der Waals surface area contributed by atoms with Crippen LogP contribution in [0.5, 0.6) is 5.75 Å². The minimum Gasteiger partial charge on any atom is -0.497 e. The number of thioether (sulfide) groups is 1. The molecule has 2 rings (SSSR count).